The van der Waals surface area contributed by atoms with Gasteiger partial charge in [-0.15, -0.1) is 0 Å². The molecule has 148 valence electrons. The van der Waals surface area contributed by atoms with Crippen LogP contribution in [0, 0.1) is 11.3 Å². The fourth-order valence-corrected chi connectivity index (χ4v) is 4.74. The average molecular weight is 376 g/mol. The van der Waals surface area contributed by atoms with Crippen molar-refractivity contribution in [1.29, 1.82) is 0 Å². The van der Waals surface area contributed by atoms with E-state index in [0.29, 0.717) is 17.8 Å². The van der Waals surface area contributed by atoms with Gasteiger partial charge in [0.25, 0.3) is 5.91 Å². The summed E-state index contributed by atoms with van der Waals surface area (Å²) in [6.07, 6.45) is 4.28. The van der Waals surface area contributed by atoms with Gasteiger partial charge in [0.2, 0.25) is 0 Å². The lowest BCUT2D eigenvalue weighted by atomic mass is 9.46. The van der Waals surface area contributed by atoms with Gasteiger partial charge in [0.1, 0.15) is 11.4 Å². The van der Waals surface area contributed by atoms with Gasteiger partial charge < -0.3 is 24.5 Å². The van der Waals surface area contributed by atoms with Crippen molar-refractivity contribution in [3.05, 3.63) is 23.7 Å². The van der Waals surface area contributed by atoms with Crippen LogP contribution in [0.25, 0.3) is 0 Å². The highest BCUT2D eigenvalue weighted by Crippen LogP contribution is 2.62. The molecule has 1 spiro atoms. The highest BCUT2D eigenvalue weighted by atomic mass is 16.6. The zero-order valence-corrected chi connectivity index (χ0v) is 16.2. The molecule has 1 aromatic rings. The molecule has 4 rings (SSSR count). The number of fused-ring (bicyclic) bond motifs is 2. The van der Waals surface area contributed by atoms with E-state index in [1.165, 1.54) is 6.42 Å². The van der Waals surface area contributed by atoms with Crippen molar-refractivity contribution in [2.24, 2.45) is 11.3 Å². The summed E-state index contributed by atoms with van der Waals surface area (Å²) in [6, 6.07) is 3.53. The predicted molar refractivity (Wildman–Crippen MR) is 97.2 cm³/mol. The van der Waals surface area contributed by atoms with Crippen LogP contribution in [-0.2, 0) is 16.0 Å². The molecule has 1 aromatic heterocycles. The van der Waals surface area contributed by atoms with Crippen LogP contribution in [-0.4, -0.2) is 36.4 Å². The molecule has 27 heavy (non-hydrogen) atoms. The minimum atomic E-state index is -0.555. The number of amides is 2. The Morgan fingerprint density at radius 1 is 1.30 bits per heavy atom. The molecule has 3 aliphatic rings. The number of carbonyl (C=O) groups excluding carboxylic acids is 2. The van der Waals surface area contributed by atoms with Crippen LogP contribution < -0.4 is 10.6 Å². The van der Waals surface area contributed by atoms with E-state index in [0.717, 1.165) is 25.9 Å². The first-order chi connectivity index (χ1) is 12.8. The predicted octanol–water partition coefficient (Wildman–Crippen LogP) is 2.99. The third-order valence-corrected chi connectivity index (χ3v) is 6.01. The van der Waals surface area contributed by atoms with Crippen molar-refractivity contribution in [3.63, 3.8) is 0 Å². The lowest BCUT2D eigenvalue weighted by Crippen LogP contribution is -2.71. The number of ether oxygens (including phenoxy) is 2. The Hall–Kier alpha value is -2.02. The Kier molecular flexibility index (Phi) is 4.45. The first kappa shape index (κ1) is 18.3. The molecule has 2 amide bonds. The second-order valence-electron chi connectivity index (χ2n) is 8.90. The van der Waals surface area contributed by atoms with Crippen LogP contribution in [0.5, 0.6) is 0 Å². The Morgan fingerprint density at radius 3 is 2.74 bits per heavy atom. The lowest BCUT2D eigenvalue weighted by Gasteiger charge is -2.63. The molecule has 7 nitrogen and oxygen atoms in total. The highest BCUT2D eigenvalue weighted by Gasteiger charge is 2.67. The van der Waals surface area contributed by atoms with Crippen LogP contribution in [0.15, 0.2) is 16.5 Å². The fraction of sp³-hybridized carbons (Fsp3) is 0.700. The van der Waals surface area contributed by atoms with Crippen molar-refractivity contribution >= 4 is 12.0 Å². The quantitative estimate of drug-likeness (QED) is 0.843. The van der Waals surface area contributed by atoms with E-state index in [9.17, 15) is 9.59 Å². The number of nitrogens with one attached hydrogen (secondary N) is 2. The molecule has 7 heteroatoms. The van der Waals surface area contributed by atoms with Crippen molar-refractivity contribution in [1.82, 2.24) is 10.6 Å². The monoisotopic (exact) mass is 376 g/mol. The Morgan fingerprint density at radius 2 is 2.07 bits per heavy atom. The Bertz CT molecular complexity index is 731. The molecule has 2 N–H and O–H groups in total. The SMILES string of the molecule is CC(C)(C)OC(=O)NCc1ccc(C(=O)N[C@@H]2[C@H]3CCO[C@@H]3C23CCC3)o1. The van der Waals surface area contributed by atoms with Crippen molar-refractivity contribution < 1.29 is 23.5 Å². The van der Waals surface area contributed by atoms with Crippen molar-refractivity contribution in [2.45, 2.75) is 70.7 Å². The number of rotatable bonds is 4. The summed E-state index contributed by atoms with van der Waals surface area (Å²) in [5, 5.41) is 5.81. The summed E-state index contributed by atoms with van der Waals surface area (Å²) in [7, 11) is 0. The maximum Gasteiger partial charge on any atom is 0.408 e. The summed E-state index contributed by atoms with van der Waals surface area (Å²) in [5.74, 6) is 1.02. The van der Waals surface area contributed by atoms with Crippen LogP contribution in [0.1, 0.15) is 62.8 Å². The Balaban J connectivity index is 1.32. The molecular formula is C20H28N2O5. The first-order valence-electron chi connectivity index (χ1n) is 9.76. The minimum absolute atomic E-state index is 0.143. The fourth-order valence-electron chi connectivity index (χ4n) is 4.74. The third kappa shape index (κ3) is 3.33. The summed E-state index contributed by atoms with van der Waals surface area (Å²) in [5.41, 5.74) is -0.412. The molecule has 1 aliphatic heterocycles. The first-order valence-corrected chi connectivity index (χ1v) is 9.76. The van der Waals surface area contributed by atoms with Gasteiger partial charge in [-0.3, -0.25) is 4.79 Å². The second-order valence-corrected chi connectivity index (χ2v) is 8.90. The van der Waals surface area contributed by atoms with Crippen LogP contribution in [0.3, 0.4) is 0 Å². The molecule has 2 aliphatic carbocycles. The molecule has 3 atom stereocenters. The summed E-state index contributed by atoms with van der Waals surface area (Å²) in [6.45, 7) is 6.38. The van der Waals surface area contributed by atoms with Gasteiger partial charge in [-0.2, -0.15) is 0 Å². The zero-order valence-electron chi connectivity index (χ0n) is 16.2. The van der Waals surface area contributed by atoms with Crippen LogP contribution >= 0.6 is 0 Å². The van der Waals surface area contributed by atoms with Crippen LogP contribution in [0.4, 0.5) is 4.79 Å². The molecule has 1 saturated heterocycles. The minimum Gasteiger partial charge on any atom is -0.454 e. The van der Waals surface area contributed by atoms with E-state index in [4.69, 9.17) is 13.9 Å². The largest absolute Gasteiger partial charge is 0.454 e. The van der Waals surface area contributed by atoms with Crippen molar-refractivity contribution in [3.8, 4) is 0 Å². The molecule has 0 unspecified atom stereocenters. The standard InChI is InChI=1S/C20H28N2O5/c1-19(2,3)27-18(24)21-11-12-5-6-14(26-12)17(23)22-15-13-7-10-25-16(13)20(15)8-4-9-20/h5-6,13,15-16H,4,7-11H2,1-3H3,(H,21,24)(H,22,23)/t13-,15-,16+/m1/s1. The van der Waals surface area contributed by atoms with Crippen molar-refractivity contribution in [2.75, 3.05) is 6.61 Å². The maximum absolute atomic E-state index is 12.6. The summed E-state index contributed by atoms with van der Waals surface area (Å²) in [4.78, 5) is 24.4. The van der Waals surface area contributed by atoms with Gasteiger partial charge in [-0.1, -0.05) is 6.42 Å². The Labute approximate surface area is 159 Å². The second kappa shape index (κ2) is 6.55. The van der Waals surface area contributed by atoms with E-state index >= 15 is 0 Å². The molecule has 2 saturated carbocycles. The van der Waals surface area contributed by atoms with Gasteiger partial charge in [0.05, 0.1) is 12.6 Å². The lowest BCUT2D eigenvalue weighted by molar-refractivity contribution is -0.172. The van der Waals surface area contributed by atoms with Crippen LogP contribution in [0.2, 0.25) is 0 Å². The molecule has 0 radical (unpaired) electrons. The molecular weight excluding hydrogens is 348 g/mol. The summed E-state index contributed by atoms with van der Waals surface area (Å²) < 4.78 is 16.7. The molecule has 0 aromatic carbocycles. The average Bonchev–Trinajstić information content (AvgIpc) is 3.15. The number of alkyl carbamates (subject to hydrolysis) is 1. The van der Waals surface area contributed by atoms with E-state index in [2.05, 4.69) is 10.6 Å². The van der Waals surface area contributed by atoms with E-state index in [-0.39, 0.29) is 29.7 Å². The number of hydrogen-bond acceptors (Lipinski definition) is 5. The zero-order chi connectivity index (χ0) is 19.2. The van der Waals surface area contributed by atoms with E-state index in [1.807, 2.05) is 0 Å². The van der Waals surface area contributed by atoms with Gasteiger partial charge in [-0.05, 0) is 52.2 Å². The topological polar surface area (TPSA) is 89.8 Å². The normalized spacial score (nSPS) is 28.0. The van der Waals surface area contributed by atoms with Gasteiger partial charge >= 0.3 is 6.09 Å². The van der Waals surface area contributed by atoms with Gasteiger partial charge in [0, 0.05) is 24.0 Å². The third-order valence-electron chi connectivity index (χ3n) is 6.01. The number of furan rings is 1. The van der Waals surface area contributed by atoms with E-state index in [1.54, 1.807) is 32.9 Å². The number of carbonyl (C=O) groups is 2. The van der Waals surface area contributed by atoms with E-state index < -0.39 is 11.7 Å². The summed E-state index contributed by atoms with van der Waals surface area (Å²) >= 11 is 0. The smallest absolute Gasteiger partial charge is 0.408 e. The highest BCUT2D eigenvalue weighted by molar-refractivity contribution is 5.92. The molecule has 2 heterocycles. The molecule has 3 fully saturated rings. The van der Waals surface area contributed by atoms with Gasteiger partial charge in [0.15, 0.2) is 5.76 Å². The maximum atomic E-state index is 12.6. The number of hydrogen-bond donors (Lipinski definition) is 2. The van der Waals surface area contributed by atoms with Gasteiger partial charge in [-0.25, -0.2) is 4.79 Å². The molecule has 0 bridgehead atoms.